The Morgan fingerprint density at radius 1 is 1.30 bits per heavy atom. The van der Waals surface area contributed by atoms with Crippen LogP contribution in [0.2, 0.25) is 0 Å². The maximum atomic E-state index is 12.4. The van der Waals surface area contributed by atoms with Crippen molar-refractivity contribution in [2.45, 2.75) is 19.4 Å². The standard InChI is InChI=1S/C16H22N2O7S2/c1-3-18(12-8-9-27(23,24)11-12)15(19)10-25-16(20)13-6-4-5-7-14(13)17-26(2,21)22/h4-7,12,17H,3,8-11H2,1-2H3. The maximum absolute atomic E-state index is 12.4. The Balaban J connectivity index is 2.04. The van der Waals surface area contributed by atoms with Crippen molar-refractivity contribution in [3.05, 3.63) is 29.8 Å². The van der Waals surface area contributed by atoms with E-state index in [-0.39, 0.29) is 22.8 Å². The highest BCUT2D eigenvalue weighted by molar-refractivity contribution is 7.92. The monoisotopic (exact) mass is 418 g/mol. The summed E-state index contributed by atoms with van der Waals surface area (Å²) < 4.78 is 53.2. The summed E-state index contributed by atoms with van der Waals surface area (Å²) in [7, 11) is -6.74. The number of sulfone groups is 1. The predicted octanol–water partition coefficient (Wildman–Crippen LogP) is 0.251. The van der Waals surface area contributed by atoms with Gasteiger partial charge in [0.1, 0.15) is 0 Å². The second-order valence-corrected chi connectivity index (χ2v) is 10.2. The van der Waals surface area contributed by atoms with E-state index in [2.05, 4.69) is 4.72 Å². The average molecular weight is 418 g/mol. The van der Waals surface area contributed by atoms with E-state index in [9.17, 15) is 26.4 Å². The predicted molar refractivity (Wildman–Crippen MR) is 99.6 cm³/mol. The first kappa shape index (κ1) is 21.2. The number of amides is 1. The van der Waals surface area contributed by atoms with E-state index in [1.807, 2.05) is 0 Å². The Labute approximate surface area is 158 Å². The third-order valence-electron chi connectivity index (χ3n) is 4.08. The van der Waals surface area contributed by atoms with Gasteiger partial charge in [-0.3, -0.25) is 9.52 Å². The van der Waals surface area contributed by atoms with Crippen LogP contribution in [0.1, 0.15) is 23.7 Å². The summed E-state index contributed by atoms with van der Waals surface area (Å²) in [6.45, 7) is 1.45. The number of hydrogen-bond donors (Lipinski definition) is 1. The molecule has 0 saturated carbocycles. The largest absolute Gasteiger partial charge is 0.452 e. The topological polar surface area (TPSA) is 127 Å². The van der Waals surface area contributed by atoms with Crippen molar-refractivity contribution < 1.29 is 31.2 Å². The van der Waals surface area contributed by atoms with Crippen molar-refractivity contribution in [1.29, 1.82) is 0 Å². The molecule has 0 aromatic heterocycles. The minimum atomic E-state index is -3.59. The molecule has 1 aromatic rings. The Bertz CT molecular complexity index is 926. The van der Waals surface area contributed by atoms with Crippen LogP contribution in [-0.2, 0) is 29.4 Å². The molecule has 1 unspecified atom stereocenters. The van der Waals surface area contributed by atoms with Crippen LogP contribution in [0.5, 0.6) is 0 Å². The second-order valence-electron chi connectivity index (χ2n) is 6.23. The number of para-hydroxylation sites is 1. The first-order chi connectivity index (χ1) is 12.5. The molecule has 1 atom stereocenters. The van der Waals surface area contributed by atoms with Crippen LogP contribution in [0, 0.1) is 0 Å². The molecule has 1 amide bonds. The van der Waals surface area contributed by atoms with Crippen LogP contribution in [-0.4, -0.2) is 70.6 Å². The summed E-state index contributed by atoms with van der Waals surface area (Å²) in [4.78, 5) is 26.0. The minimum Gasteiger partial charge on any atom is -0.452 e. The molecule has 9 nitrogen and oxygen atoms in total. The molecule has 1 saturated heterocycles. The molecule has 1 aliphatic rings. The van der Waals surface area contributed by atoms with Crippen molar-refractivity contribution in [2.24, 2.45) is 0 Å². The zero-order valence-electron chi connectivity index (χ0n) is 15.0. The van der Waals surface area contributed by atoms with E-state index in [1.54, 1.807) is 13.0 Å². The average Bonchev–Trinajstić information content (AvgIpc) is 2.92. The van der Waals surface area contributed by atoms with Gasteiger partial charge in [-0.25, -0.2) is 21.6 Å². The molecular formula is C16H22N2O7S2. The third kappa shape index (κ3) is 5.93. The molecule has 2 rings (SSSR count). The number of hydrogen-bond acceptors (Lipinski definition) is 7. The zero-order chi connectivity index (χ0) is 20.2. The van der Waals surface area contributed by atoms with Crippen molar-refractivity contribution >= 4 is 37.4 Å². The molecule has 11 heteroatoms. The molecule has 0 aliphatic carbocycles. The van der Waals surface area contributed by atoms with Gasteiger partial charge in [0.25, 0.3) is 5.91 Å². The number of rotatable bonds is 7. The van der Waals surface area contributed by atoms with E-state index >= 15 is 0 Å². The fourth-order valence-corrected chi connectivity index (χ4v) is 5.21. The van der Waals surface area contributed by atoms with Gasteiger partial charge in [0.05, 0.1) is 29.0 Å². The zero-order valence-corrected chi connectivity index (χ0v) is 16.7. The number of likely N-dealkylation sites (N-methyl/N-ethyl adjacent to an activating group) is 1. The highest BCUT2D eigenvalue weighted by atomic mass is 32.2. The first-order valence-corrected chi connectivity index (χ1v) is 12.0. The summed E-state index contributed by atoms with van der Waals surface area (Å²) in [5.74, 6) is -1.42. The fourth-order valence-electron chi connectivity index (χ4n) is 2.90. The van der Waals surface area contributed by atoms with Crippen molar-refractivity contribution in [2.75, 3.05) is 35.6 Å². The number of esters is 1. The SMILES string of the molecule is CCN(C(=O)COC(=O)c1ccccc1NS(C)(=O)=O)C1CCS(=O)(=O)C1. The minimum absolute atomic E-state index is 0.0257. The van der Waals surface area contributed by atoms with Crippen molar-refractivity contribution in [1.82, 2.24) is 4.90 Å². The van der Waals surface area contributed by atoms with E-state index in [4.69, 9.17) is 4.74 Å². The lowest BCUT2D eigenvalue weighted by molar-refractivity contribution is -0.136. The van der Waals surface area contributed by atoms with Gasteiger partial charge in [-0.2, -0.15) is 0 Å². The fraction of sp³-hybridized carbons (Fsp3) is 0.500. The van der Waals surface area contributed by atoms with Crippen LogP contribution in [0.3, 0.4) is 0 Å². The number of benzene rings is 1. The van der Waals surface area contributed by atoms with Gasteiger partial charge in [-0.1, -0.05) is 12.1 Å². The van der Waals surface area contributed by atoms with E-state index in [1.165, 1.54) is 23.1 Å². The van der Waals surface area contributed by atoms with Crippen molar-refractivity contribution in [3.63, 3.8) is 0 Å². The molecule has 0 bridgehead atoms. The van der Waals surface area contributed by atoms with Gasteiger partial charge in [0.15, 0.2) is 16.4 Å². The number of ether oxygens (including phenoxy) is 1. The smallest absolute Gasteiger partial charge is 0.340 e. The summed E-state index contributed by atoms with van der Waals surface area (Å²) in [5.41, 5.74) is 0.0221. The van der Waals surface area contributed by atoms with Crippen LogP contribution >= 0.6 is 0 Å². The van der Waals surface area contributed by atoms with Gasteiger partial charge in [-0.15, -0.1) is 0 Å². The Morgan fingerprint density at radius 3 is 2.52 bits per heavy atom. The van der Waals surface area contributed by atoms with E-state index < -0.39 is 44.4 Å². The lowest BCUT2D eigenvalue weighted by atomic mass is 10.2. The molecular weight excluding hydrogens is 396 g/mol. The van der Waals surface area contributed by atoms with Crippen LogP contribution in [0.25, 0.3) is 0 Å². The van der Waals surface area contributed by atoms with Crippen molar-refractivity contribution in [3.8, 4) is 0 Å². The molecule has 1 aliphatic heterocycles. The summed E-state index contributed by atoms with van der Waals surface area (Å²) in [5, 5.41) is 0. The molecule has 0 spiro atoms. The highest BCUT2D eigenvalue weighted by Crippen LogP contribution is 2.19. The van der Waals surface area contributed by atoms with Crippen LogP contribution in [0.15, 0.2) is 24.3 Å². The summed E-state index contributed by atoms with van der Waals surface area (Å²) in [6.07, 6.45) is 1.31. The number of nitrogens with zero attached hydrogens (tertiary/aromatic N) is 1. The second kappa shape index (κ2) is 8.26. The number of sulfonamides is 1. The molecule has 1 N–H and O–H groups in total. The number of carbonyl (C=O) groups excluding carboxylic acids is 2. The molecule has 1 heterocycles. The van der Waals surface area contributed by atoms with Crippen LogP contribution in [0.4, 0.5) is 5.69 Å². The van der Waals surface area contributed by atoms with Gasteiger partial charge in [0.2, 0.25) is 10.0 Å². The van der Waals surface area contributed by atoms with Gasteiger partial charge in [0, 0.05) is 12.6 Å². The van der Waals surface area contributed by atoms with Gasteiger partial charge >= 0.3 is 5.97 Å². The quantitative estimate of drug-likeness (QED) is 0.629. The third-order valence-corrected chi connectivity index (χ3v) is 6.42. The normalized spacial score (nSPS) is 18.7. The number of carbonyl (C=O) groups is 2. The Kier molecular flexibility index (Phi) is 6.47. The Morgan fingerprint density at radius 2 is 1.96 bits per heavy atom. The highest BCUT2D eigenvalue weighted by Gasteiger charge is 2.34. The summed E-state index contributed by atoms with van der Waals surface area (Å²) >= 11 is 0. The number of nitrogens with one attached hydrogen (secondary N) is 1. The molecule has 1 fully saturated rings. The molecule has 27 heavy (non-hydrogen) atoms. The van der Waals surface area contributed by atoms with Gasteiger partial charge < -0.3 is 9.64 Å². The van der Waals surface area contributed by atoms with E-state index in [0.29, 0.717) is 13.0 Å². The molecule has 0 radical (unpaired) electrons. The lowest BCUT2D eigenvalue weighted by Gasteiger charge is -2.26. The van der Waals surface area contributed by atoms with E-state index in [0.717, 1.165) is 6.26 Å². The molecule has 1 aromatic carbocycles. The lowest BCUT2D eigenvalue weighted by Crippen LogP contribution is -2.43. The molecule has 150 valence electrons. The van der Waals surface area contributed by atoms with Gasteiger partial charge in [-0.05, 0) is 25.5 Å². The Hall–Kier alpha value is -2.14. The first-order valence-electron chi connectivity index (χ1n) is 8.26. The number of anilines is 1. The van der Waals surface area contributed by atoms with Crippen LogP contribution < -0.4 is 4.72 Å². The maximum Gasteiger partial charge on any atom is 0.340 e. The summed E-state index contributed by atoms with van der Waals surface area (Å²) in [6, 6.07) is 5.44.